The molecular formula is C16H24ClFN2. The number of benzene rings is 1. The van der Waals surface area contributed by atoms with Gasteiger partial charge in [0.15, 0.2) is 0 Å². The first-order valence-electron chi connectivity index (χ1n) is 7.59. The van der Waals surface area contributed by atoms with E-state index in [4.69, 9.17) is 17.4 Å². The van der Waals surface area contributed by atoms with Gasteiger partial charge in [-0.2, -0.15) is 0 Å². The summed E-state index contributed by atoms with van der Waals surface area (Å²) < 4.78 is 13.7. The second-order valence-electron chi connectivity index (χ2n) is 5.88. The maximum absolute atomic E-state index is 13.7. The van der Waals surface area contributed by atoms with Crippen LogP contribution in [-0.2, 0) is 6.42 Å². The highest BCUT2D eigenvalue weighted by molar-refractivity contribution is 6.30. The number of rotatable bonds is 6. The summed E-state index contributed by atoms with van der Waals surface area (Å²) in [6, 6.07) is 4.81. The van der Waals surface area contributed by atoms with Crippen LogP contribution in [0.1, 0.15) is 50.5 Å². The lowest BCUT2D eigenvalue weighted by atomic mass is 9.84. The number of halogens is 2. The summed E-state index contributed by atoms with van der Waals surface area (Å²) >= 11 is 5.92. The van der Waals surface area contributed by atoms with Gasteiger partial charge >= 0.3 is 0 Å². The number of nitrogens with one attached hydrogen (secondary N) is 1. The lowest BCUT2D eigenvalue weighted by molar-refractivity contribution is 0.312. The van der Waals surface area contributed by atoms with E-state index in [1.807, 2.05) is 0 Å². The topological polar surface area (TPSA) is 38.0 Å². The van der Waals surface area contributed by atoms with Crippen LogP contribution in [0.2, 0.25) is 5.02 Å². The fraction of sp³-hybridized carbons (Fsp3) is 0.625. The van der Waals surface area contributed by atoms with Crippen LogP contribution in [0.15, 0.2) is 18.2 Å². The highest BCUT2D eigenvalue weighted by Gasteiger charge is 2.17. The lowest BCUT2D eigenvalue weighted by Gasteiger charge is -2.24. The molecule has 0 aliphatic heterocycles. The second-order valence-corrected chi connectivity index (χ2v) is 6.32. The Balaban J connectivity index is 1.86. The highest BCUT2D eigenvalue weighted by Crippen LogP contribution is 2.28. The molecule has 0 heterocycles. The zero-order valence-corrected chi connectivity index (χ0v) is 12.6. The lowest BCUT2D eigenvalue weighted by Crippen LogP contribution is -2.37. The van der Waals surface area contributed by atoms with E-state index >= 15 is 0 Å². The molecule has 2 nitrogen and oxygen atoms in total. The largest absolute Gasteiger partial charge is 0.271 e. The van der Waals surface area contributed by atoms with Crippen LogP contribution in [-0.4, -0.2) is 6.04 Å². The molecule has 1 aliphatic rings. The zero-order chi connectivity index (χ0) is 14.4. The second kappa shape index (κ2) is 7.96. The van der Waals surface area contributed by atoms with Crippen LogP contribution in [0.25, 0.3) is 0 Å². The first-order valence-corrected chi connectivity index (χ1v) is 7.97. The van der Waals surface area contributed by atoms with Gasteiger partial charge < -0.3 is 0 Å². The molecule has 1 aromatic rings. The average Bonchev–Trinajstić information content (AvgIpc) is 2.48. The first kappa shape index (κ1) is 15.7. The Bertz CT molecular complexity index is 419. The molecule has 20 heavy (non-hydrogen) atoms. The summed E-state index contributed by atoms with van der Waals surface area (Å²) in [4.78, 5) is 0. The van der Waals surface area contributed by atoms with Crippen LogP contribution in [0.5, 0.6) is 0 Å². The minimum Gasteiger partial charge on any atom is -0.271 e. The summed E-state index contributed by atoms with van der Waals surface area (Å²) in [5.74, 6) is 6.24. The third-order valence-corrected chi connectivity index (χ3v) is 4.59. The summed E-state index contributed by atoms with van der Waals surface area (Å²) in [6.07, 6.45) is 9.52. The van der Waals surface area contributed by atoms with Gasteiger partial charge in [0.25, 0.3) is 0 Å². The van der Waals surface area contributed by atoms with Crippen molar-refractivity contribution in [2.75, 3.05) is 0 Å². The van der Waals surface area contributed by atoms with Crippen molar-refractivity contribution in [1.29, 1.82) is 0 Å². The summed E-state index contributed by atoms with van der Waals surface area (Å²) in [6.45, 7) is 0. The fourth-order valence-corrected chi connectivity index (χ4v) is 3.32. The van der Waals surface area contributed by atoms with E-state index in [2.05, 4.69) is 5.43 Å². The molecule has 112 valence electrons. The van der Waals surface area contributed by atoms with E-state index in [9.17, 15) is 4.39 Å². The molecule has 0 radical (unpaired) electrons. The molecule has 0 bridgehead atoms. The molecule has 0 spiro atoms. The quantitative estimate of drug-likeness (QED) is 0.610. The Morgan fingerprint density at radius 3 is 2.75 bits per heavy atom. The highest BCUT2D eigenvalue weighted by atomic mass is 35.5. The van der Waals surface area contributed by atoms with Crippen molar-refractivity contribution in [3.05, 3.63) is 34.6 Å². The molecule has 0 amide bonds. The van der Waals surface area contributed by atoms with Gasteiger partial charge in [-0.15, -0.1) is 0 Å². The summed E-state index contributed by atoms with van der Waals surface area (Å²) in [7, 11) is 0. The molecule has 1 fully saturated rings. The molecule has 0 saturated heterocycles. The maximum Gasteiger partial charge on any atom is 0.126 e. The van der Waals surface area contributed by atoms with E-state index in [1.165, 1.54) is 44.6 Å². The average molecular weight is 299 g/mol. The standard InChI is InChI=1S/C16H24ClFN2/c17-14-7-9-16(18)13(10-14)11-15(20-19)8-6-12-4-2-1-3-5-12/h7,9-10,12,15,20H,1-6,8,11,19H2. The molecule has 1 aromatic carbocycles. The molecule has 1 unspecified atom stereocenters. The Morgan fingerprint density at radius 2 is 2.05 bits per heavy atom. The normalized spacial score (nSPS) is 18.1. The van der Waals surface area contributed by atoms with E-state index in [-0.39, 0.29) is 11.9 Å². The van der Waals surface area contributed by atoms with Crippen LogP contribution < -0.4 is 11.3 Å². The van der Waals surface area contributed by atoms with Crippen molar-refractivity contribution in [3.63, 3.8) is 0 Å². The van der Waals surface area contributed by atoms with Crippen LogP contribution in [0.3, 0.4) is 0 Å². The number of hydrogen-bond donors (Lipinski definition) is 2. The predicted molar refractivity (Wildman–Crippen MR) is 82.0 cm³/mol. The Kier molecular flexibility index (Phi) is 6.27. The monoisotopic (exact) mass is 298 g/mol. The van der Waals surface area contributed by atoms with E-state index in [0.717, 1.165) is 12.3 Å². The molecule has 0 aromatic heterocycles. The van der Waals surface area contributed by atoms with Crippen LogP contribution in [0.4, 0.5) is 4.39 Å². The molecular weight excluding hydrogens is 275 g/mol. The van der Waals surface area contributed by atoms with Crippen molar-refractivity contribution in [2.45, 2.75) is 57.4 Å². The van der Waals surface area contributed by atoms with Gasteiger partial charge in [-0.3, -0.25) is 11.3 Å². The first-order chi connectivity index (χ1) is 9.69. The minimum absolute atomic E-state index is 0.116. The number of hydrazine groups is 1. The minimum atomic E-state index is -0.202. The van der Waals surface area contributed by atoms with Gasteiger partial charge in [0, 0.05) is 11.1 Å². The van der Waals surface area contributed by atoms with Gasteiger partial charge in [0.1, 0.15) is 5.82 Å². The Morgan fingerprint density at radius 1 is 1.30 bits per heavy atom. The maximum atomic E-state index is 13.7. The van der Waals surface area contributed by atoms with Crippen molar-refractivity contribution in [3.8, 4) is 0 Å². The van der Waals surface area contributed by atoms with Gasteiger partial charge in [-0.1, -0.05) is 43.7 Å². The Labute approximate surface area is 125 Å². The van der Waals surface area contributed by atoms with Crippen molar-refractivity contribution < 1.29 is 4.39 Å². The van der Waals surface area contributed by atoms with Gasteiger partial charge in [-0.25, -0.2) is 4.39 Å². The number of hydrogen-bond acceptors (Lipinski definition) is 2. The van der Waals surface area contributed by atoms with Crippen LogP contribution >= 0.6 is 11.6 Å². The number of nitrogens with two attached hydrogens (primary N) is 1. The van der Waals surface area contributed by atoms with E-state index < -0.39 is 0 Å². The van der Waals surface area contributed by atoms with Gasteiger partial charge in [0.05, 0.1) is 0 Å². The SMILES string of the molecule is NNC(CCC1CCCCC1)Cc1cc(Cl)ccc1F. The third kappa shape index (κ3) is 4.72. The molecule has 1 aliphatic carbocycles. The molecule has 2 rings (SSSR count). The smallest absolute Gasteiger partial charge is 0.126 e. The van der Waals surface area contributed by atoms with Crippen molar-refractivity contribution in [1.82, 2.24) is 5.43 Å². The van der Waals surface area contributed by atoms with Gasteiger partial charge in [0.2, 0.25) is 0 Å². The summed E-state index contributed by atoms with van der Waals surface area (Å²) in [5.41, 5.74) is 3.47. The molecule has 4 heteroatoms. The molecule has 3 N–H and O–H groups in total. The molecule has 1 atom stereocenters. The van der Waals surface area contributed by atoms with Crippen molar-refractivity contribution >= 4 is 11.6 Å². The predicted octanol–water partition coefficient (Wildman–Crippen LogP) is 4.21. The van der Waals surface area contributed by atoms with Crippen LogP contribution in [0, 0.1) is 11.7 Å². The van der Waals surface area contributed by atoms with Gasteiger partial charge in [-0.05, 0) is 48.9 Å². The van der Waals surface area contributed by atoms with E-state index in [1.54, 1.807) is 12.1 Å². The Hall–Kier alpha value is -0.640. The molecule has 1 saturated carbocycles. The zero-order valence-electron chi connectivity index (χ0n) is 11.9. The third-order valence-electron chi connectivity index (χ3n) is 4.36. The fourth-order valence-electron chi connectivity index (χ4n) is 3.12. The van der Waals surface area contributed by atoms with E-state index in [0.29, 0.717) is 17.0 Å². The summed E-state index contributed by atoms with van der Waals surface area (Å²) in [5, 5.41) is 0.574. The van der Waals surface area contributed by atoms with Crippen molar-refractivity contribution in [2.24, 2.45) is 11.8 Å².